The van der Waals surface area contributed by atoms with Gasteiger partial charge in [0, 0.05) is 12.7 Å². The van der Waals surface area contributed by atoms with Crippen LogP contribution >= 0.6 is 0 Å². The second-order valence-electron chi connectivity index (χ2n) is 6.41. The highest BCUT2D eigenvalue weighted by Gasteiger charge is 2.28. The lowest BCUT2D eigenvalue weighted by atomic mass is 9.99. The first-order chi connectivity index (χ1) is 13.5. The SMILES string of the molecule is O=C(NCCOc1ccc(F)c(F)c1)NC(c1ccc(F)cc1)C1CCCO1. The molecule has 0 radical (unpaired) electrons. The van der Waals surface area contributed by atoms with E-state index in [1.54, 1.807) is 12.1 Å². The zero-order valence-corrected chi connectivity index (χ0v) is 15.1. The van der Waals surface area contributed by atoms with E-state index in [0.717, 1.165) is 30.5 Å². The maximum Gasteiger partial charge on any atom is 0.315 e. The van der Waals surface area contributed by atoms with Gasteiger partial charge in [0.1, 0.15) is 18.2 Å². The standard InChI is InChI=1S/C20H21F3N2O3/c21-14-5-3-13(4-6-14)19(18-2-1-10-28-18)25-20(26)24-9-11-27-15-7-8-16(22)17(23)12-15/h3-8,12,18-19H,1-2,9-11H2,(H2,24,25,26). The number of ether oxygens (including phenoxy) is 2. The molecule has 0 spiro atoms. The minimum Gasteiger partial charge on any atom is -0.492 e. The van der Waals surface area contributed by atoms with Crippen LogP contribution in [0.15, 0.2) is 42.5 Å². The summed E-state index contributed by atoms with van der Waals surface area (Å²) in [6, 6.07) is 8.30. The molecule has 2 amide bonds. The Labute approximate surface area is 160 Å². The molecule has 5 nitrogen and oxygen atoms in total. The van der Waals surface area contributed by atoms with Gasteiger partial charge in [-0.15, -0.1) is 0 Å². The molecular formula is C20H21F3N2O3. The summed E-state index contributed by atoms with van der Waals surface area (Å²) in [7, 11) is 0. The smallest absolute Gasteiger partial charge is 0.315 e. The Bertz CT molecular complexity index is 796. The number of amides is 2. The zero-order valence-electron chi connectivity index (χ0n) is 15.1. The van der Waals surface area contributed by atoms with E-state index in [2.05, 4.69) is 10.6 Å². The van der Waals surface area contributed by atoms with Crippen LogP contribution in [0.4, 0.5) is 18.0 Å². The highest BCUT2D eigenvalue weighted by Crippen LogP contribution is 2.27. The maximum atomic E-state index is 13.2. The van der Waals surface area contributed by atoms with Gasteiger partial charge in [-0.05, 0) is 42.7 Å². The van der Waals surface area contributed by atoms with E-state index in [0.29, 0.717) is 6.61 Å². The Morgan fingerprint density at radius 1 is 1.14 bits per heavy atom. The maximum absolute atomic E-state index is 13.2. The van der Waals surface area contributed by atoms with Gasteiger partial charge in [0.25, 0.3) is 0 Å². The molecule has 2 aromatic carbocycles. The normalized spacial score (nSPS) is 17.2. The Morgan fingerprint density at radius 2 is 1.93 bits per heavy atom. The number of hydrogen-bond donors (Lipinski definition) is 2. The molecule has 2 atom stereocenters. The highest BCUT2D eigenvalue weighted by molar-refractivity contribution is 5.74. The fourth-order valence-corrected chi connectivity index (χ4v) is 3.02. The van der Waals surface area contributed by atoms with Crippen molar-refractivity contribution in [2.45, 2.75) is 25.0 Å². The second-order valence-corrected chi connectivity index (χ2v) is 6.41. The van der Waals surface area contributed by atoms with Gasteiger partial charge < -0.3 is 20.1 Å². The molecule has 0 aliphatic carbocycles. The molecule has 1 aliphatic heterocycles. The molecule has 1 aliphatic rings. The predicted octanol–water partition coefficient (Wildman–Crippen LogP) is 3.70. The van der Waals surface area contributed by atoms with Gasteiger partial charge in [0.2, 0.25) is 0 Å². The Balaban J connectivity index is 1.50. The van der Waals surface area contributed by atoms with Crippen LogP contribution in [0.5, 0.6) is 5.75 Å². The number of hydrogen-bond acceptors (Lipinski definition) is 3. The summed E-state index contributed by atoms with van der Waals surface area (Å²) in [6.45, 7) is 0.861. The van der Waals surface area contributed by atoms with E-state index in [1.165, 1.54) is 18.2 Å². The lowest BCUT2D eigenvalue weighted by Gasteiger charge is -2.25. The third-order valence-electron chi connectivity index (χ3n) is 4.40. The first kappa shape index (κ1) is 20.0. The van der Waals surface area contributed by atoms with Gasteiger partial charge in [-0.3, -0.25) is 0 Å². The predicted molar refractivity (Wildman–Crippen MR) is 96.5 cm³/mol. The van der Waals surface area contributed by atoms with Crippen molar-refractivity contribution in [2.24, 2.45) is 0 Å². The Morgan fingerprint density at radius 3 is 2.61 bits per heavy atom. The lowest BCUT2D eigenvalue weighted by Crippen LogP contribution is -2.43. The quantitative estimate of drug-likeness (QED) is 0.704. The number of urea groups is 1. The Hall–Kier alpha value is -2.74. The molecule has 0 saturated carbocycles. The Kier molecular flexibility index (Phi) is 6.76. The summed E-state index contributed by atoms with van der Waals surface area (Å²) in [5.74, 6) is -2.13. The van der Waals surface area contributed by atoms with Crippen molar-refractivity contribution in [3.63, 3.8) is 0 Å². The van der Waals surface area contributed by atoms with Crippen molar-refractivity contribution < 1.29 is 27.4 Å². The van der Waals surface area contributed by atoms with Gasteiger partial charge in [-0.2, -0.15) is 0 Å². The highest BCUT2D eigenvalue weighted by atomic mass is 19.2. The largest absolute Gasteiger partial charge is 0.492 e. The third kappa shape index (κ3) is 5.39. The summed E-state index contributed by atoms with van der Waals surface area (Å²) in [4.78, 5) is 12.2. The fraction of sp³-hybridized carbons (Fsp3) is 0.350. The van der Waals surface area contributed by atoms with E-state index in [1.807, 2.05) is 0 Å². The summed E-state index contributed by atoms with van der Waals surface area (Å²) < 4.78 is 50.2. The molecule has 1 saturated heterocycles. The molecule has 0 aromatic heterocycles. The van der Waals surface area contributed by atoms with E-state index in [9.17, 15) is 18.0 Å². The van der Waals surface area contributed by atoms with Crippen molar-refractivity contribution in [1.29, 1.82) is 0 Å². The molecule has 1 heterocycles. The number of carbonyl (C=O) groups is 1. The summed E-state index contributed by atoms with van der Waals surface area (Å²) >= 11 is 0. The lowest BCUT2D eigenvalue weighted by molar-refractivity contribution is 0.0807. The third-order valence-corrected chi connectivity index (χ3v) is 4.40. The van der Waals surface area contributed by atoms with E-state index in [4.69, 9.17) is 9.47 Å². The van der Waals surface area contributed by atoms with Crippen LogP contribution in [-0.4, -0.2) is 31.9 Å². The molecule has 8 heteroatoms. The van der Waals surface area contributed by atoms with Gasteiger partial charge in [-0.25, -0.2) is 18.0 Å². The number of halogens is 3. The second kappa shape index (κ2) is 9.45. The van der Waals surface area contributed by atoms with Crippen LogP contribution in [0.25, 0.3) is 0 Å². The van der Waals surface area contributed by atoms with Gasteiger partial charge in [-0.1, -0.05) is 12.1 Å². The first-order valence-electron chi connectivity index (χ1n) is 9.02. The molecule has 3 rings (SSSR count). The van der Waals surface area contributed by atoms with Crippen LogP contribution in [0.1, 0.15) is 24.4 Å². The molecule has 2 unspecified atom stereocenters. The van der Waals surface area contributed by atoms with E-state index < -0.39 is 23.7 Å². The van der Waals surface area contributed by atoms with Gasteiger partial charge >= 0.3 is 6.03 Å². The summed E-state index contributed by atoms with van der Waals surface area (Å²) in [5.41, 5.74) is 0.751. The van der Waals surface area contributed by atoms with Crippen molar-refractivity contribution in [3.8, 4) is 5.75 Å². The fourth-order valence-electron chi connectivity index (χ4n) is 3.02. The van der Waals surface area contributed by atoms with Gasteiger partial charge in [0.15, 0.2) is 11.6 Å². The molecule has 150 valence electrons. The van der Waals surface area contributed by atoms with Crippen LogP contribution < -0.4 is 15.4 Å². The van der Waals surface area contributed by atoms with Crippen LogP contribution in [0, 0.1) is 17.5 Å². The molecule has 2 N–H and O–H groups in total. The molecule has 28 heavy (non-hydrogen) atoms. The number of benzene rings is 2. The van der Waals surface area contributed by atoms with Crippen LogP contribution in [-0.2, 0) is 4.74 Å². The number of rotatable bonds is 7. The van der Waals surface area contributed by atoms with E-state index in [-0.39, 0.29) is 30.8 Å². The van der Waals surface area contributed by atoms with Crippen LogP contribution in [0.2, 0.25) is 0 Å². The molecule has 1 fully saturated rings. The minimum atomic E-state index is -0.998. The van der Waals surface area contributed by atoms with Crippen molar-refractivity contribution in [1.82, 2.24) is 10.6 Å². The van der Waals surface area contributed by atoms with E-state index >= 15 is 0 Å². The van der Waals surface area contributed by atoms with Crippen molar-refractivity contribution >= 4 is 6.03 Å². The topological polar surface area (TPSA) is 59.6 Å². The first-order valence-corrected chi connectivity index (χ1v) is 9.02. The average Bonchev–Trinajstić information content (AvgIpc) is 3.21. The van der Waals surface area contributed by atoms with Crippen LogP contribution in [0.3, 0.4) is 0 Å². The number of carbonyl (C=O) groups excluding carboxylic acids is 1. The zero-order chi connectivity index (χ0) is 19.9. The summed E-state index contributed by atoms with van der Waals surface area (Å²) in [5, 5.41) is 5.49. The average molecular weight is 394 g/mol. The van der Waals surface area contributed by atoms with Crippen molar-refractivity contribution in [2.75, 3.05) is 19.8 Å². The van der Waals surface area contributed by atoms with Crippen molar-refractivity contribution in [3.05, 3.63) is 65.5 Å². The monoisotopic (exact) mass is 394 g/mol. The summed E-state index contributed by atoms with van der Waals surface area (Å²) in [6.07, 6.45) is 1.50. The van der Waals surface area contributed by atoms with Gasteiger partial charge in [0.05, 0.1) is 18.7 Å². The molecule has 2 aromatic rings. The number of nitrogens with one attached hydrogen (secondary N) is 2. The molecular weight excluding hydrogens is 373 g/mol. The minimum absolute atomic E-state index is 0.0830. The molecule has 0 bridgehead atoms.